The molecule has 3 nitrogen and oxygen atoms in total. The molecule has 1 aromatic rings. The van der Waals surface area contributed by atoms with Crippen molar-refractivity contribution in [2.75, 3.05) is 6.54 Å². The molecular formula is C13H20N2OS. The lowest BCUT2D eigenvalue weighted by Crippen LogP contribution is -2.43. The second-order valence-electron chi connectivity index (χ2n) is 4.75. The van der Waals surface area contributed by atoms with E-state index in [9.17, 15) is 4.79 Å². The Kier molecular flexibility index (Phi) is 3.54. The van der Waals surface area contributed by atoms with E-state index in [0.29, 0.717) is 0 Å². The van der Waals surface area contributed by atoms with Gasteiger partial charge in [-0.1, -0.05) is 19.9 Å². The maximum Gasteiger partial charge on any atom is 0.244 e. The number of nitrogens with one attached hydrogen (secondary N) is 1. The molecular weight excluding hydrogens is 232 g/mol. The van der Waals surface area contributed by atoms with Crippen LogP contribution in [0.2, 0.25) is 0 Å². The van der Waals surface area contributed by atoms with E-state index >= 15 is 0 Å². The third kappa shape index (κ3) is 2.11. The summed E-state index contributed by atoms with van der Waals surface area (Å²) in [5.74, 6) is 0.236. The van der Waals surface area contributed by atoms with E-state index in [2.05, 4.69) is 30.6 Å². The zero-order valence-corrected chi connectivity index (χ0v) is 11.5. The first-order valence-electron chi connectivity index (χ1n) is 6.24. The van der Waals surface area contributed by atoms with E-state index in [1.165, 1.54) is 4.88 Å². The van der Waals surface area contributed by atoms with Gasteiger partial charge in [-0.2, -0.15) is 0 Å². The van der Waals surface area contributed by atoms with Crippen molar-refractivity contribution < 1.29 is 4.79 Å². The first kappa shape index (κ1) is 12.6. The molecule has 4 heteroatoms. The molecule has 2 unspecified atom stereocenters. The smallest absolute Gasteiger partial charge is 0.244 e. The molecule has 1 fully saturated rings. The van der Waals surface area contributed by atoms with Crippen molar-refractivity contribution in [3.8, 4) is 0 Å². The lowest BCUT2D eigenvalue weighted by Gasteiger charge is -2.22. The van der Waals surface area contributed by atoms with Gasteiger partial charge in [0.25, 0.3) is 0 Å². The van der Waals surface area contributed by atoms with Crippen molar-refractivity contribution in [1.29, 1.82) is 0 Å². The average molecular weight is 252 g/mol. The van der Waals surface area contributed by atoms with Gasteiger partial charge in [-0.25, -0.2) is 0 Å². The molecule has 1 aromatic heterocycles. The van der Waals surface area contributed by atoms with E-state index in [1.54, 1.807) is 11.3 Å². The average Bonchev–Trinajstić information content (AvgIpc) is 2.92. The third-order valence-corrected chi connectivity index (χ3v) is 4.41. The SMILES string of the molecule is CCCN1C(=O)C(C)(CC)NC1c1cccs1. The molecule has 1 aliphatic heterocycles. The Hall–Kier alpha value is -0.870. The number of hydrogen-bond donors (Lipinski definition) is 1. The molecule has 0 bridgehead atoms. The van der Waals surface area contributed by atoms with Gasteiger partial charge in [0.15, 0.2) is 0 Å². The van der Waals surface area contributed by atoms with Gasteiger partial charge in [-0.15, -0.1) is 11.3 Å². The Morgan fingerprint density at radius 1 is 1.53 bits per heavy atom. The fourth-order valence-corrected chi connectivity index (χ4v) is 3.06. The summed E-state index contributed by atoms with van der Waals surface area (Å²) in [6.45, 7) is 7.00. The van der Waals surface area contributed by atoms with Gasteiger partial charge >= 0.3 is 0 Å². The van der Waals surface area contributed by atoms with Crippen molar-refractivity contribution >= 4 is 17.2 Å². The maximum atomic E-state index is 12.4. The molecule has 0 radical (unpaired) electrons. The van der Waals surface area contributed by atoms with Gasteiger partial charge in [0.2, 0.25) is 5.91 Å². The molecule has 2 rings (SSSR count). The Morgan fingerprint density at radius 3 is 2.82 bits per heavy atom. The lowest BCUT2D eigenvalue weighted by atomic mass is 9.99. The number of carbonyl (C=O) groups excluding carboxylic acids is 1. The van der Waals surface area contributed by atoms with Gasteiger partial charge in [0.1, 0.15) is 6.17 Å². The van der Waals surface area contributed by atoms with Crippen molar-refractivity contribution in [1.82, 2.24) is 10.2 Å². The first-order valence-corrected chi connectivity index (χ1v) is 7.12. The molecule has 17 heavy (non-hydrogen) atoms. The molecule has 0 saturated carbocycles. The molecule has 94 valence electrons. The zero-order valence-electron chi connectivity index (χ0n) is 10.7. The Balaban J connectivity index is 2.29. The second kappa shape index (κ2) is 4.78. The second-order valence-corrected chi connectivity index (χ2v) is 5.73. The van der Waals surface area contributed by atoms with Crippen LogP contribution in [0.15, 0.2) is 17.5 Å². The summed E-state index contributed by atoms with van der Waals surface area (Å²) in [6.07, 6.45) is 1.88. The Bertz CT molecular complexity index is 390. The predicted molar refractivity (Wildman–Crippen MR) is 70.9 cm³/mol. The van der Waals surface area contributed by atoms with E-state index < -0.39 is 5.54 Å². The van der Waals surface area contributed by atoms with Gasteiger partial charge in [0, 0.05) is 11.4 Å². The highest BCUT2D eigenvalue weighted by molar-refractivity contribution is 7.10. The molecule has 1 aliphatic rings. The molecule has 0 spiro atoms. The normalized spacial score (nSPS) is 29.0. The van der Waals surface area contributed by atoms with E-state index in [1.807, 2.05) is 17.9 Å². The third-order valence-electron chi connectivity index (χ3n) is 3.48. The van der Waals surface area contributed by atoms with Crippen LogP contribution in [0, 0.1) is 0 Å². The van der Waals surface area contributed by atoms with Crippen molar-refractivity contribution in [2.24, 2.45) is 0 Å². The largest absolute Gasteiger partial charge is 0.320 e. The van der Waals surface area contributed by atoms with Crippen LogP contribution in [0.3, 0.4) is 0 Å². The van der Waals surface area contributed by atoms with Crippen molar-refractivity contribution in [3.63, 3.8) is 0 Å². The summed E-state index contributed by atoms with van der Waals surface area (Å²) in [5.41, 5.74) is -0.399. The fourth-order valence-electron chi connectivity index (χ4n) is 2.27. The lowest BCUT2D eigenvalue weighted by molar-refractivity contribution is -0.133. The van der Waals surface area contributed by atoms with E-state index in [0.717, 1.165) is 19.4 Å². The highest BCUT2D eigenvalue weighted by Gasteiger charge is 2.46. The van der Waals surface area contributed by atoms with E-state index in [-0.39, 0.29) is 12.1 Å². The maximum absolute atomic E-state index is 12.4. The highest BCUT2D eigenvalue weighted by atomic mass is 32.1. The minimum Gasteiger partial charge on any atom is -0.320 e. The van der Waals surface area contributed by atoms with Crippen LogP contribution in [0.5, 0.6) is 0 Å². The Labute approximate surface area is 107 Å². The quantitative estimate of drug-likeness (QED) is 0.893. The highest BCUT2D eigenvalue weighted by Crippen LogP contribution is 2.34. The monoisotopic (exact) mass is 252 g/mol. The number of rotatable bonds is 4. The predicted octanol–water partition coefficient (Wildman–Crippen LogP) is 2.76. The molecule has 1 N–H and O–H groups in total. The summed E-state index contributed by atoms with van der Waals surface area (Å²) in [4.78, 5) is 15.6. The summed E-state index contributed by atoms with van der Waals surface area (Å²) in [5, 5.41) is 5.55. The topological polar surface area (TPSA) is 32.3 Å². The fraction of sp³-hybridized carbons (Fsp3) is 0.615. The molecule has 1 saturated heterocycles. The van der Waals surface area contributed by atoms with Crippen LogP contribution in [-0.2, 0) is 4.79 Å². The number of amides is 1. The molecule has 0 aromatic carbocycles. The molecule has 2 atom stereocenters. The number of thiophene rings is 1. The standard InChI is InChI=1S/C13H20N2OS/c1-4-8-15-11(10-7-6-9-17-10)14-13(3,5-2)12(15)16/h6-7,9,11,14H,4-5,8H2,1-3H3. The number of nitrogens with zero attached hydrogens (tertiary/aromatic N) is 1. The van der Waals surface area contributed by atoms with Crippen LogP contribution in [0.4, 0.5) is 0 Å². The van der Waals surface area contributed by atoms with Crippen LogP contribution in [-0.4, -0.2) is 22.9 Å². The minimum atomic E-state index is -0.399. The molecule has 2 heterocycles. The van der Waals surface area contributed by atoms with Gasteiger partial charge in [0.05, 0.1) is 5.54 Å². The first-order chi connectivity index (χ1) is 8.12. The number of hydrogen-bond acceptors (Lipinski definition) is 3. The van der Waals surface area contributed by atoms with Crippen LogP contribution < -0.4 is 5.32 Å². The summed E-state index contributed by atoms with van der Waals surface area (Å²) in [6, 6.07) is 4.14. The van der Waals surface area contributed by atoms with Gasteiger partial charge in [-0.05, 0) is 31.2 Å². The Morgan fingerprint density at radius 2 is 2.29 bits per heavy atom. The van der Waals surface area contributed by atoms with Crippen molar-refractivity contribution in [3.05, 3.63) is 22.4 Å². The minimum absolute atomic E-state index is 0.0624. The zero-order chi connectivity index (χ0) is 12.5. The summed E-state index contributed by atoms with van der Waals surface area (Å²) >= 11 is 1.71. The van der Waals surface area contributed by atoms with E-state index in [4.69, 9.17) is 0 Å². The summed E-state index contributed by atoms with van der Waals surface area (Å²) < 4.78 is 0. The van der Waals surface area contributed by atoms with Crippen LogP contribution in [0.25, 0.3) is 0 Å². The van der Waals surface area contributed by atoms with Crippen LogP contribution in [0.1, 0.15) is 44.7 Å². The van der Waals surface area contributed by atoms with Crippen molar-refractivity contribution in [2.45, 2.75) is 45.3 Å². The molecule has 0 aliphatic carbocycles. The van der Waals surface area contributed by atoms with Gasteiger partial charge in [-0.3, -0.25) is 10.1 Å². The molecule has 1 amide bonds. The van der Waals surface area contributed by atoms with Gasteiger partial charge < -0.3 is 4.90 Å². The summed E-state index contributed by atoms with van der Waals surface area (Å²) in [7, 11) is 0. The van der Waals surface area contributed by atoms with Crippen LogP contribution >= 0.6 is 11.3 Å². The number of carbonyl (C=O) groups is 1.